The molecule has 5 nitrogen and oxygen atoms in total. The molecule has 5 aliphatic rings. The summed E-state index contributed by atoms with van der Waals surface area (Å²) in [6.07, 6.45) is 15.1. The second-order valence-electron chi connectivity index (χ2n) is 14.5. The zero-order valence-electron chi connectivity index (χ0n) is 24.6. The monoisotopic (exact) mass is 530 g/mol. The fourth-order valence-corrected chi connectivity index (χ4v) is 10.6. The van der Waals surface area contributed by atoms with Gasteiger partial charge in [-0.2, -0.15) is 0 Å². The smallest absolute Gasteiger partial charge is 0.303 e. The molecule has 0 aromatic carbocycles. The van der Waals surface area contributed by atoms with Crippen LogP contribution in [0.1, 0.15) is 118 Å². The Bertz CT molecular complexity index is 850. The van der Waals surface area contributed by atoms with Gasteiger partial charge in [0.05, 0.1) is 12.2 Å². The first-order valence-electron chi connectivity index (χ1n) is 16.2. The van der Waals surface area contributed by atoms with Crippen molar-refractivity contribution in [1.82, 2.24) is 0 Å². The third-order valence-corrected chi connectivity index (χ3v) is 12.7. The molecule has 10 atom stereocenters. The van der Waals surface area contributed by atoms with Gasteiger partial charge in [-0.3, -0.25) is 9.59 Å². The lowest BCUT2D eigenvalue weighted by molar-refractivity contribution is -0.181. The molecule has 5 fully saturated rings. The van der Waals surface area contributed by atoms with E-state index in [1.807, 2.05) is 0 Å². The third-order valence-electron chi connectivity index (χ3n) is 12.7. The molecule has 0 amide bonds. The number of carbonyl (C=O) groups excluding carboxylic acids is 1. The number of hydrogen-bond acceptors (Lipinski definition) is 4. The van der Waals surface area contributed by atoms with Gasteiger partial charge in [0.1, 0.15) is 5.78 Å². The number of ketones is 1. The summed E-state index contributed by atoms with van der Waals surface area (Å²) in [5.41, 5.74) is 0.414. The van der Waals surface area contributed by atoms with Crippen LogP contribution in [0.15, 0.2) is 0 Å². The van der Waals surface area contributed by atoms with Crippen LogP contribution < -0.4 is 0 Å². The van der Waals surface area contributed by atoms with E-state index in [2.05, 4.69) is 27.7 Å². The average Bonchev–Trinajstić information content (AvgIpc) is 3.25. The van der Waals surface area contributed by atoms with E-state index in [9.17, 15) is 14.7 Å². The van der Waals surface area contributed by atoms with Gasteiger partial charge < -0.3 is 14.6 Å². The van der Waals surface area contributed by atoms with Crippen LogP contribution in [0.3, 0.4) is 0 Å². The zero-order valence-corrected chi connectivity index (χ0v) is 24.6. The molecule has 5 rings (SSSR count). The minimum Gasteiger partial charge on any atom is -0.481 e. The molecule has 4 saturated carbocycles. The molecule has 0 spiro atoms. The fourth-order valence-electron chi connectivity index (χ4n) is 10.6. The highest BCUT2D eigenvalue weighted by atomic mass is 16.5. The number of ether oxygens (including phenoxy) is 2. The molecule has 0 aromatic rings. The summed E-state index contributed by atoms with van der Waals surface area (Å²) in [6, 6.07) is 0. The summed E-state index contributed by atoms with van der Waals surface area (Å²) in [6.45, 7) is 11.2. The van der Waals surface area contributed by atoms with Gasteiger partial charge in [-0.15, -0.1) is 0 Å². The van der Waals surface area contributed by atoms with Crippen molar-refractivity contribution >= 4 is 11.8 Å². The number of rotatable bonds is 9. The maximum absolute atomic E-state index is 14.6. The SMILES string of the molecule is CCCCC1C(=O)[C@H]2[C@@H]3CC[C@H]([C@H](C)CCC(=O)O)[C@@]3(C)CC[C@@H]2[C@@]2(C)CC[C@@H](OC3CCOCC3)CC12. The first-order valence-corrected chi connectivity index (χ1v) is 16.2. The number of carbonyl (C=O) groups is 2. The lowest BCUT2D eigenvalue weighted by Gasteiger charge is -2.62. The molecule has 0 bridgehead atoms. The number of carboxylic acid groups (broad SMARTS) is 1. The van der Waals surface area contributed by atoms with Crippen molar-refractivity contribution in [1.29, 1.82) is 0 Å². The van der Waals surface area contributed by atoms with Crippen LogP contribution in [0.2, 0.25) is 0 Å². The highest BCUT2D eigenvalue weighted by Gasteiger charge is 2.65. The second kappa shape index (κ2) is 11.5. The number of aliphatic carboxylic acids is 1. The largest absolute Gasteiger partial charge is 0.481 e. The molecule has 1 heterocycles. The van der Waals surface area contributed by atoms with Crippen LogP contribution >= 0.6 is 0 Å². The Kier molecular flexibility index (Phi) is 8.66. The third kappa shape index (κ3) is 5.13. The van der Waals surface area contributed by atoms with E-state index in [4.69, 9.17) is 9.47 Å². The van der Waals surface area contributed by atoms with E-state index >= 15 is 0 Å². The molecule has 1 saturated heterocycles. The second-order valence-corrected chi connectivity index (χ2v) is 14.5. The first-order chi connectivity index (χ1) is 18.2. The van der Waals surface area contributed by atoms with E-state index in [-0.39, 0.29) is 29.1 Å². The Labute approximate surface area is 231 Å². The normalized spacial score (nSPS) is 44.2. The molecule has 38 heavy (non-hydrogen) atoms. The maximum Gasteiger partial charge on any atom is 0.303 e. The van der Waals surface area contributed by atoms with Gasteiger partial charge in [0.15, 0.2) is 0 Å². The van der Waals surface area contributed by atoms with Crippen molar-refractivity contribution in [2.24, 2.45) is 52.3 Å². The summed E-state index contributed by atoms with van der Waals surface area (Å²) in [4.78, 5) is 25.9. The van der Waals surface area contributed by atoms with Gasteiger partial charge >= 0.3 is 5.97 Å². The van der Waals surface area contributed by atoms with Crippen molar-refractivity contribution in [3.05, 3.63) is 0 Å². The van der Waals surface area contributed by atoms with Crippen LogP contribution in [0, 0.1) is 52.3 Å². The molecule has 216 valence electrons. The van der Waals surface area contributed by atoms with E-state index in [0.29, 0.717) is 47.6 Å². The standard InChI is InChI=1S/C33H54O5/c1-5-6-7-24-28-20-23(38-22-14-18-37-19-15-22)12-16-33(28,4)27-13-17-32(3)25(21(2)8-11-29(34)35)9-10-26(32)30(27)31(24)36/h21-28,30H,5-20H2,1-4H3,(H,34,35)/t21-,23-,24?,25-,26+,27+,28?,30+,32-,33-/m1/s1. The topological polar surface area (TPSA) is 72.8 Å². The van der Waals surface area contributed by atoms with Gasteiger partial charge in [-0.1, -0.05) is 40.5 Å². The Hall–Kier alpha value is -0.940. The number of carboxylic acids is 1. The average molecular weight is 531 g/mol. The summed E-state index contributed by atoms with van der Waals surface area (Å²) in [5, 5.41) is 9.28. The van der Waals surface area contributed by atoms with Crippen LogP contribution in [0.4, 0.5) is 0 Å². The predicted octanol–water partition coefficient (Wildman–Crippen LogP) is 7.31. The van der Waals surface area contributed by atoms with Gasteiger partial charge in [0, 0.05) is 31.5 Å². The van der Waals surface area contributed by atoms with Crippen LogP contribution in [0.5, 0.6) is 0 Å². The van der Waals surface area contributed by atoms with E-state index in [0.717, 1.165) is 71.0 Å². The van der Waals surface area contributed by atoms with Crippen LogP contribution in [-0.4, -0.2) is 42.3 Å². The minimum absolute atomic E-state index is 0.177. The van der Waals surface area contributed by atoms with Gasteiger partial charge in [-0.25, -0.2) is 0 Å². The summed E-state index contributed by atoms with van der Waals surface area (Å²) >= 11 is 0. The van der Waals surface area contributed by atoms with Crippen molar-refractivity contribution in [3.8, 4) is 0 Å². The van der Waals surface area contributed by atoms with Crippen molar-refractivity contribution in [2.45, 2.75) is 130 Å². The van der Waals surface area contributed by atoms with Crippen LogP contribution in [-0.2, 0) is 19.1 Å². The number of hydrogen-bond donors (Lipinski definition) is 1. The molecular weight excluding hydrogens is 476 g/mol. The van der Waals surface area contributed by atoms with Crippen molar-refractivity contribution in [2.75, 3.05) is 13.2 Å². The highest BCUT2D eigenvalue weighted by molar-refractivity contribution is 5.86. The van der Waals surface area contributed by atoms with E-state index in [1.165, 1.54) is 25.7 Å². The maximum atomic E-state index is 14.6. The Balaban J connectivity index is 1.37. The summed E-state index contributed by atoms with van der Waals surface area (Å²) in [5.74, 6) is 2.71. The molecular formula is C33H54O5. The van der Waals surface area contributed by atoms with Gasteiger partial charge in [0.2, 0.25) is 0 Å². The minimum atomic E-state index is -0.683. The van der Waals surface area contributed by atoms with Crippen molar-refractivity contribution < 1.29 is 24.2 Å². The Morgan fingerprint density at radius 1 is 1.00 bits per heavy atom. The number of unbranched alkanes of at least 4 members (excludes halogenated alkanes) is 1. The molecule has 1 aliphatic heterocycles. The first kappa shape index (κ1) is 28.6. The summed E-state index contributed by atoms with van der Waals surface area (Å²) < 4.78 is 12.2. The van der Waals surface area contributed by atoms with Crippen LogP contribution in [0.25, 0.3) is 0 Å². The fraction of sp³-hybridized carbons (Fsp3) is 0.939. The highest BCUT2D eigenvalue weighted by Crippen LogP contribution is 2.69. The lowest BCUT2D eigenvalue weighted by Crippen LogP contribution is -2.61. The number of fused-ring (bicyclic) bond motifs is 5. The number of Topliss-reactive ketones (excluding diaryl/α,β-unsaturated/α-hetero) is 1. The predicted molar refractivity (Wildman–Crippen MR) is 149 cm³/mol. The molecule has 4 aliphatic carbocycles. The molecule has 2 unspecified atom stereocenters. The molecule has 0 aromatic heterocycles. The Morgan fingerprint density at radius 2 is 1.71 bits per heavy atom. The van der Waals surface area contributed by atoms with Crippen molar-refractivity contribution in [3.63, 3.8) is 0 Å². The van der Waals surface area contributed by atoms with E-state index < -0.39 is 5.97 Å². The molecule has 0 radical (unpaired) electrons. The van der Waals surface area contributed by atoms with Gasteiger partial charge in [-0.05, 0) is 111 Å². The molecule has 1 N–H and O–H groups in total. The Morgan fingerprint density at radius 3 is 2.42 bits per heavy atom. The molecule has 5 heteroatoms. The zero-order chi connectivity index (χ0) is 27.1. The lowest BCUT2D eigenvalue weighted by atomic mass is 9.41. The quantitative estimate of drug-likeness (QED) is 0.338. The van der Waals surface area contributed by atoms with Gasteiger partial charge in [0.25, 0.3) is 0 Å². The van der Waals surface area contributed by atoms with E-state index in [1.54, 1.807) is 0 Å². The summed E-state index contributed by atoms with van der Waals surface area (Å²) in [7, 11) is 0.